The van der Waals surface area contributed by atoms with Gasteiger partial charge in [0, 0.05) is 6.42 Å². The van der Waals surface area contributed by atoms with Gasteiger partial charge in [-0.3, -0.25) is 0 Å². The Bertz CT molecular complexity index is 737. The molecule has 0 aliphatic carbocycles. The smallest absolute Gasteiger partial charge is 0.317 e. The van der Waals surface area contributed by atoms with Gasteiger partial charge in [0.05, 0.1) is 0 Å². The molecule has 3 aromatic rings. The molecule has 0 aliphatic heterocycles. The number of aromatic nitrogens is 3. The maximum absolute atomic E-state index is 11.8. The zero-order chi connectivity index (χ0) is 14.5. The highest BCUT2D eigenvalue weighted by Crippen LogP contribution is 2.09. The topological polar surface area (TPSA) is 57.0 Å². The number of nitrogens with zero attached hydrogens (tertiary/aromatic N) is 3. The third-order valence-electron chi connectivity index (χ3n) is 3.20. The minimum Gasteiger partial charge on any atom is -0.317 e. The molecule has 0 amide bonds. The molecule has 0 spiro atoms. The largest absolute Gasteiger partial charge is 0.335 e. The van der Waals surface area contributed by atoms with Gasteiger partial charge < -0.3 is 4.84 Å². The van der Waals surface area contributed by atoms with E-state index >= 15 is 0 Å². The van der Waals surface area contributed by atoms with Crippen LogP contribution in [0.2, 0.25) is 0 Å². The summed E-state index contributed by atoms with van der Waals surface area (Å²) in [6.07, 6.45) is 1.95. The normalized spacial score (nSPS) is 10.7. The summed E-state index contributed by atoms with van der Waals surface area (Å²) in [6.45, 7) is 0. The van der Waals surface area contributed by atoms with Crippen molar-refractivity contribution in [3.63, 3.8) is 0 Å². The van der Waals surface area contributed by atoms with E-state index in [9.17, 15) is 4.79 Å². The molecule has 1 aromatic heterocycles. The second kappa shape index (κ2) is 6.17. The zero-order valence-corrected chi connectivity index (χ0v) is 11.5. The fourth-order valence-corrected chi connectivity index (χ4v) is 2.14. The van der Waals surface area contributed by atoms with Crippen LogP contribution in [0.5, 0.6) is 0 Å². The Labute approximate surface area is 122 Å². The molecule has 2 aromatic carbocycles. The summed E-state index contributed by atoms with van der Waals surface area (Å²) in [5.41, 5.74) is 2.61. The van der Waals surface area contributed by atoms with Gasteiger partial charge in [-0.1, -0.05) is 47.3 Å². The summed E-state index contributed by atoms with van der Waals surface area (Å²) < 4.78 is 0. The molecule has 0 unspecified atom stereocenters. The van der Waals surface area contributed by atoms with E-state index in [2.05, 4.69) is 22.4 Å². The first-order chi connectivity index (χ1) is 10.3. The van der Waals surface area contributed by atoms with Crippen molar-refractivity contribution in [1.29, 1.82) is 0 Å². The number of hydrogen-bond donors (Lipinski definition) is 0. The van der Waals surface area contributed by atoms with Crippen molar-refractivity contribution < 1.29 is 9.63 Å². The molecule has 0 bridgehead atoms. The van der Waals surface area contributed by atoms with Crippen LogP contribution >= 0.6 is 0 Å². The number of para-hydroxylation sites is 1. The lowest BCUT2D eigenvalue weighted by Gasteiger charge is -2.03. The molecule has 0 saturated carbocycles. The third kappa shape index (κ3) is 3.25. The predicted octanol–water partition coefficient (Wildman–Crippen LogP) is 2.41. The fraction of sp³-hybridized carbons (Fsp3) is 0.188. The summed E-state index contributed by atoms with van der Waals surface area (Å²) in [7, 11) is 0. The summed E-state index contributed by atoms with van der Waals surface area (Å²) in [5, 5.41) is 7.76. The van der Waals surface area contributed by atoms with E-state index in [0.29, 0.717) is 17.5 Å². The van der Waals surface area contributed by atoms with E-state index in [1.54, 1.807) is 0 Å². The van der Waals surface area contributed by atoms with Gasteiger partial charge in [0.25, 0.3) is 0 Å². The van der Waals surface area contributed by atoms with Crippen LogP contribution in [0, 0.1) is 0 Å². The number of aryl methyl sites for hydroxylation is 1. The molecule has 5 heteroatoms. The number of rotatable bonds is 5. The van der Waals surface area contributed by atoms with Gasteiger partial charge in [-0.25, -0.2) is 4.79 Å². The van der Waals surface area contributed by atoms with Gasteiger partial charge in [-0.15, -0.1) is 5.10 Å². The average molecular weight is 281 g/mol. The van der Waals surface area contributed by atoms with Crippen LogP contribution in [0.25, 0.3) is 11.0 Å². The molecular formula is C16H15N3O2. The molecule has 0 N–H and O–H groups in total. The molecule has 1 heterocycles. The van der Waals surface area contributed by atoms with E-state index < -0.39 is 0 Å². The van der Waals surface area contributed by atoms with E-state index in [1.807, 2.05) is 42.5 Å². The molecule has 106 valence electrons. The Hall–Kier alpha value is -2.69. The van der Waals surface area contributed by atoms with Crippen molar-refractivity contribution >= 4 is 17.0 Å². The monoisotopic (exact) mass is 281 g/mol. The van der Waals surface area contributed by atoms with Crippen LogP contribution in [0.15, 0.2) is 54.6 Å². The van der Waals surface area contributed by atoms with Crippen molar-refractivity contribution in [2.24, 2.45) is 0 Å². The molecule has 0 aliphatic rings. The number of hydrogen-bond acceptors (Lipinski definition) is 4. The SMILES string of the molecule is O=C(CCCc1ccccc1)On1nnc2ccccc21. The molecular weight excluding hydrogens is 266 g/mol. The Balaban J connectivity index is 1.55. The molecule has 5 nitrogen and oxygen atoms in total. The van der Waals surface area contributed by atoms with Gasteiger partial charge in [-0.05, 0) is 35.8 Å². The molecule has 0 fully saturated rings. The van der Waals surface area contributed by atoms with Crippen molar-refractivity contribution in [2.45, 2.75) is 19.3 Å². The van der Waals surface area contributed by atoms with Crippen molar-refractivity contribution in [2.75, 3.05) is 0 Å². The number of carbonyl (C=O) groups is 1. The maximum atomic E-state index is 11.8. The van der Waals surface area contributed by atoms with Crippen LogP contribution in [-0.2, 0) is 11.2 Å². The summed E-state index contributed by atoms with van der Waals surface area (Å²) in [5.74, 6) is -0.304. The Morgan fingerprint density at radius 2 is 1.81 bits per heavy atom. The lowest BCUT2D eigenvalue weighted by molar-refractivity contribution is -0.145. The Morgan fingerprint density at radius 3 is 2.67 bits per heavy atom. The van der Waals surface area contributed by atoms with E-state index in [-0.39, 0.29) is 5.97 Å². The van der Waals surface area contributed by atoms with Crippen molar-refractivity contribution in [3.05, 3.63) is 60.2 Å². The van der Waals surface area contributed by atoms with Gasteiger partial charge in [-0.2, -0.15) is 0 Å². The minimum absolute atomic E-state index is 0.304. The van der Waals surface area contributed by atoms with Crippen LogP contribution in [0.1, 0.15) is 18.4 Å². The Morgan fingerprint density at radius 1 is 1.05 bits per heavy atom. The fourth-order valence-electron chi connectivity index (χ4n) is 2.14. The standard InChI is InChI=1S/C16H15N3O2/c20-16(12-6-9-13-7-2-1-3-8-13)21-19-15-11-5-4-10-14(15)17-18-19/h1-5,7-8,10-11H,6,9,12H2. The van der Waals surface area contributed by atoms with Gasteiger partial charge >= 0.3 is 5.97 Å². The number of fused-ring (bicyclic) bond motifs is 1. The quantitative estimate of drug-likeness (QED) is 0.674. The second-order valence-electron chi connectivity index (χ2n) is 4.75. The molecule has 3 rings (SSSR count). The zero-order valence-electron chi connectivity index (χ0n) is 11.5. The van der Waals surface area contributed by atoms with E-state index in [0.717, 1.165) is 12.8 Å². The molecule has 0 saturated heterocycles. The first-order valence-electron chi connectivity index (χ1n) is 6.88. The molecule has 0 radical (unpaired) electrons. The lowest BCUT2D eigenvalue weighted by atomic mass is 10.1. The maximum Gasteiger partial charge on any atom is 0.335 e. The van der Waals surface area contributed by atoms with Crippen LogP contribution in [0.4, 0.5) is 0 Å². The van der Waals surface area contributed by atoms with Crippen LogP contribution < -0.4 is 4.84 Å². The van der Waals surface area contributed by atoms with Crippen LogP contribution in [0.3, 0.4) is 0 Å². The highest BCUT2D eigenvalue weighted by molar-refractivity contribution is 5.75. The summed E-state index contributed by atoms with van der Waals surface area (Å²) in [4.78, 5) is 18.2. The first kappa shape index (κ1) is 13.3. The summed E-state index contributed by atoms with van der Waals surface area (Å²) >= 11 is 0. The average Bonchev–Trinajstić information content (AvgIpc) is 2.92. The van der Waals surface area contributed by atoms with E-state index in [1.165, 1.54) is 10.4 Å². The highest BCUT2D eigenvalue weighted by atomic mass is 16.7. The van der Waals surface area contributed by atoms with E-state index in [4.69, 9.17) is 4.84 Å². The minimum atomic E-state index is -0.304. The third-order valence-corrected chi connectivity index (χ3v) is 3.20. The van der Waals surface area contributed by atoms with Crippen LogP contribution in [-0.4, -0.2) is 21.1 Å². The van der Waals surface area contributed by atoms with Crippen molar-refractivity contribution in [1.82, 2.24) is 15.2 Å². The second-order valence-corrected chi connectivity index (χ2v) is 4.75. The number of benzene rings is 2. The number of carbonyl (C=O) groups excluding carboxylic acids is 1. The summed E-state index contributed by atoms with van der Waals surface area (Å²) in [6, 6.07) is 17.4. The lowest BCUT2D eigenvalue weighted by Crippen LogP contribution is -2.20. The predicted molar refractivity (Wildman–Crippen MR) is 78.5 cm³/mol. The highest BCUT2D eigenvalue weighted by Gasteiger charge is 2.09. The molecule has 21 heavy (non-hydrogen) atoms. The van der Waals surface area contributed by atoms with Gasteiger partial charge in [0.15, 0.2) is 0 Å². The molecule has 0 atom stereocenters. The Kier molecular flexibility index (Phi) is 3.91. The van der Waals surface area contributed by atoms with Crippen molar-refractivity contribution in [3.8, 4) is 0 Å². The first-order valence-corrected chi connectivity index (χ1v) is 6.88. The van der Waals surface area contributed by atoms with Gasteiger partial charge in [0.2, 0.25) is 0 Å². The van der Waals surface area contributed by atoms with Gasteiger partial charge in [0.1, 0.15) is 11.0 Å².